The Kier molecular flexibility index (Phi) is 4.98. The second kappa shape index (κ2) is 6.98. The normalized spacial score (nSPS) is 23.2. The molecule has 0 bridgehead atoms. The van der Waals surface area contributed by atoms with Gasteiger partial charge in [-0.2, -0.15) is 4.31 Å². The van der Waals surface area contributed by atoms with E-state index in [4.69, 9.17) is 9.47 Å². The first kappa shape index (κ1) is 16.4. The first-order valence-electron chi connectivity index (χ1n) is 7.87. The lowest BCUT2D eigenvalue weighted by atomic mass is 10.3. The van der Waals surface area contributed by atoms with Gasteiger partial charge in [0.25, 0.3) is 0 Å². The van der Waals surface area contributed by atoms with Crippen molar-refractivity contribution >= 4 is 15.8 Å². The number of nitrogens with zero attached hydrogens (tertiary/aromatic N) is 4. The van der Waals surface area contributed by atoms with Crippen LogP contribution in [-0.4, -0.2) is 73.9 Å². The monoisotopic (exact) mass is 342 g/mol. The molecule has 1 aromatic rings. The number of anilines is 1. The van der Waals surface area contributed by atoms with E-state index in [0.29, 0.717) is 38.6 Å². The molecule has 2 aliphatic rings. The summed E-state index contributed by atoms with van der Waals surface area (Å²) in [7, 11) is -3.15. The minimum absolute atomic E-state index is 0.119. The van der Waals surface area contributed by atoms with E-state index in [2.05, 4.69) is 14.9 Å². The fourth-order valence-corrected chi connectivity index (χ4v) is 3.90. The summed E-state index contributed by atoms with van der Waals surface area (Å²) in [5.41, 5.74) is 0. The summed E-state index contributed by atoms with van der Waals surface area (Å²) in [6, 6.07) is 1.81. The summed E-state index contributed by atoms with van der Waals surface area (Å²) in [5.74, 6) is 1.42. The van der Waals surface area contributed by atoms with Crippen molar-refractivity contribution in [2.75, 3.05) is 50.0 Å². The van der Waals surface area contributed by atoms with Crippen LogP contribution in [0.4, 0.5) is 5.82 Å². The molecule has 0 aliphatic carbocycles. The lowest BCUT2D eigenvalue weighted by Crippen LogP contribution is -2.36. The number of ether oxygens (including phenoxy) is 2. The van der Waals surface area contributed by atoms with Gasteiger partial charge in [0, 0.05) is 25.7 Å². The van der Waals surface area contributed by atoms with E-state index in [1.54, 1.807) is 6.92 Å². The third kappa shape index (κ3) is 3.91. The quantitative estimate of drug-likeness (QED) is 0.751. The molecule has 1 atom stereocenters. The molecule has 0 saturated carbocycles. The van der Waals surface area contributed by atoms with Crippen LogP contribution in [-0.2, 0) is 14.8 Å². The Morgan fingerprint density at radius 2 is 2.09 bits per heavy atom. The van der Waals surface area contributed by atoms with Crippen molar-refractivity contribution in [3.05, 3.63) is 12.4 Å². The van der Waals surface area contributed by atoms with Crippen LogP contribution < -0.4 is 9.64 Å². The Hall–Kier alpha value is -1.45. The maximum atomic E-state index is 11.9. The average molecular weight is 342 g/mol. The third-order valence-electron chi connectivity index (χ3n) is 4.12. The van der Waals surface area contributed by atoms with Crippen molar-refractivity contribution in [3.63, 3.8) is 0 Å². The van der Waals surface area contributed by atoms with Gasteiger partial charge in [0.2, 0.25) is 15.9 Å². The van der Waals surface area contributed by atoms with Crippen molar-refractivity contribution in [1.82, 2.24) is 14.3 Å². The van der Waals surface area contributed by atoms with E-state index >= 15 is 0 Å². The molecule has 0 amide bonds. The Balaban J connectivity index is 1.62. The largest absolute Gasteiger partial charge is 0.473 e. The third-order valence-corrected chi connectivity index (χ3v) is 5.96. The van der Waals surface area contributed by atoms with Crippen LogP contribution in [0.3, 0.4) is 0 Å². The van der Waals surface area contributed by atoms with Crippen molar-refractivity contribution < 1.29 is 17.9 Å². The molecule has 1 aromatic heterocycles. The van der Waals surface area contributed by atoms with Crippen LogP contribution in [0, 0.1) is 0 Å². The van der Waals surface area contributed by atoms with Gasteiger partial charge in [-0.25, -0.2) is 18.4 Å². The van der Waals surface area contributed by atoms with Crippen molar-refractivity contribution in [2.45, 2.75) is 19.4 Å². The van der Waals surface area contributed by atoms with Crippen LogP contribution >= 0.6 is 0 Å². The fourth-order valence-electron chi connectivity index (χ4n) is 2.76. The summed E-state index contributed by atoms with van der Waals surface area (Å²) in [4.78, 5) is 10.5. The van der Waals surface area contributed by atoms with Crippen LogP contribution in [0.5, 0.6) is 5.88 Å². The van der Waals surface area contributed by atoms with Gasteiger partial charge in [-0.15, -0.1) is 0 Å². The number of sulfonamides is 1. The molecular weight excluding hydrogens is 320 g/mol. The summed E-state index contributed by atoms with van der Waals surface area (Å²) in [6.07, 6.45) is 2.00. The van der Waals surface area contributed by atoms with Gasteiger partial charge in [-0.1, -0.05) is 0 Å². The van der Waals surface area contributed by atoms with E-state index in [1.165, 1.54) is 10.6 Å². The Labute approximate surface area is 136 Å². The van der Waals surface area contributed by atoms with Gasteiger partial charge in [0.1, 0.15) is 18.2 Å². The van der Waals surface area contributed by atoms with Crippen molar-refractivity contribution in [1.29, 1.82) is 0 Å². The van der Waals surface area contributed by atoms with Gasteiger partial charge in [0.05, 0.1) is 25.5 Å². The highest BCUT2D eigenvalue weighted by atomic mass is 32.2. The SMILES string of the molecule is CCS(=O)(=O)N1CC[C@@H](Oc2cc(N3CCOCC3)ncn2)C1. The zero-order valence-electron chi connectivity index (χ0n) is 13.2. The van der Waals surface area contributed by atoms with Gasteiger partial charge < -0.3 is 14.4 Å². The number of hydrogen-bond donors (Lipinski definition) is 0. The Bertz CT molecular complexity index is 633. The van der Waals surface area contributed by atoms with E-state index in [1.807, 2.05) is 6.07 Å². The van der Waals surface area contributed by atoms with E-state index in [-0.39, 0.29) is 11.9 Å². The smallest absolute Gasteiger partial charge is 0.218 e. The zero-order valence-corrected chi connectivity index (χ0v) is 14.0. The molecule has 0 aromatic carbocycles. The molecule has 2 fully saturated rings. The summed E-state index contributed by atoms with van der Waals surface area (Å²) in [6.45, 7) is 5.50. The van der Waals surface area contributed by atoms with Crippen LogP contribution in [0.25, 0.3) is 0 Å². The van der Waals surface area contributed by atoms with Gasteiger partial charge in [-0.3, -0.25) is 0 Å². The molecule has 0 radical (unpaired) electrons. The molecule has 3 heterocycles. The van der Waals surface area contributed by atoms with E-state index in [9.17, 15) is 8.42 Å². The number of rotatable bonds is 5. The molecular formula is C14H22N4O4S. The molecule has 0 N–H and O–H groups in total. The highest BCUT2D eigenvalue weighted by Crippen LogP contribution is 2.22. The number of morpholine rings is 1. The first-order valence-corrected chi connectivity index (χ1v) is 9.48. The Morgan fingerprint density at radius 3 is 2.83 bits per heavy atom. The second-order valence-corrected chi connectivity index (χ2v) is 7.86. The highest BCUT2D eigenvalue weighted by molar-refractivity contribution is 7.89. The maximum absolute atomic E-state index is 11.9. The minimum Gasteiger partial charge on any atom is -0.473 e. The molecule has 2 saturated heterocycles. The van der Waals surface area contributed by atoms with Crippen molar-refractivity contribution in [3.8, 4) is 5.88 Å². The zero-order chi connectivity index (χ0) is 16.3. The standard InChI is InChI=1S/C14H22N4O4S/c1-2-23(19,20)18-4-3-12(10-18)22-14-9-13(15-11-16-14)17-5-7-21-8-6-17/h9,11-12H,2-8,10H2,1H3/t12-/m1/s1. The first-order chi connectivity index (χ1) is 11.1. The predicted octanol–water partition coefficient (Wildman–Crippen LogP) is 0.116. The molecule has 8 nitrogen and oxygen atoms in total. The second-order valence-electron chi connectivity index (χ2n) is 5.60. The van der Waals surface area contributed by atoms with Crippen molar-refractivity contribution in [2.24, 2.45) is 0 Å². The molecule has 23 heavy (non-hydrogen) atoms. The van der Waals surface area contributed by atoms with E-state index in [0.717, 1.165) is 18.9 Å². The number of aromatic nitrogens is 2. The lowest BCUT2D eigenvalue weighted by Gasteiger charge is -2.27. The topological polar surface area (TPSA) is 84.9 Å². The van der Waals surface area contributed by atoms with Crippen LogP contribution in [0.15, 0.2) is 12.4 Å². The Morgan fingerprint density at radius 1 is 1.30 bits per heavy atom. The molecule has 3 rings (SSSR count). The van der Waals surface area contributed by atoms with Gasteiger partial charge in [0.15, 0.2) is 0 Å². The van der Waals surface area contributed by atoms with Crippen LogP contribution in [0.2, 0.25) is 0 Å². The molecule has 0 spiro atoms. The van der Waals surface area contributed by atoms with Crippen LogP contribution in [0.1, 0.15) is 13.3 Å². The summed E-state index contributed by atoms with van der Waals surface area (Å²) < 4.78 is 36.5. The summed E-state index contributed by atoms with van der Waals surface area (Å²) in [5, 5.41) is 0. The molecule has 2 aliphatic heterocycles. The average Bonchev–Trinajstić information content (AvgIpc) is 3.05. The molecule has 0 unspecified atom stereocenters. The molecule has 9 heteroatoms. The fraction of sp³-hybridized carbons (Fsp3) is 0.714. The minimum atomic E-state index is -3.15. The number of hydrogen-bond acceptors (Lipinski definition) is 7. The highest BCUT2D eigenvalue weighted by Gasteiger charge is 2.31. The van der Waals surface area contributed by atoms with Gasteiger partial charge >= 0.3 is 0 Å². The predicted molar refractivity (Wildman–Crippen MR) is 85.1 cm³/mol. The maximum Gasteiger partial charge on any atom is 0.218 e. The lowest BCUT2D eigenvalue weighted by molar-refractivity contribution is 0.122. The van der Waals surface area contributed by atoms with E-state index < -0.39 is 10.0 Å². The van der Waals surface area contributed by atoms with Gasteiger partial charge in [-0.05, 0) is 13.3 Å². The summed E-state index contributed by atoms with van der Waals surface area (Å²) >= 11 is 0. The molecule has 128 valence electrons.